The second-order valence-corrected chi connectivity index (χ2v) is 16.3. The van der Waals surface area contributed by atoms with E-state index in [0.717, 1.165) is 66.7 Å². The van der Waals surface area contributed by atoms with Crippen LogP contribution in [0.15, 0.2) is 205 Å². The van der Waals surface area contributed by atoms with Gasteiger partial charge in [-0.3, -0.25) is 0 Å². The second-order valence-electron chi connectivity index (χ2n) is 16.3. The lowest BCUT2D eigenvalue weighted by Crippen LogP contribution is -2.27. The van der Waals surface area contributed by atoms with Crippen molar-refractivity contribution in [1.29, 1.82) is 0 Å². The third-order valence-corrected chi connectivity index (χ3v) is 12.7. The van der Waals surface area contributed by atoms with Crippen molar-refractivity contribution in [2.45, 2.75) is 11.8 Å². The molecule has 0 radical (unpaired) electrons. The van der Waals surface area contributed by atoms with Crippen LogP contribution in [0.3, 0.4) is 0 Å². The summed E-state index contributed by atoms with van der Waals surface area (Å²) in [6.07, 6.45) is 0. The molecule has 0 amide bonds. The Labute approximate surface area is 363 Å². The summed E-state index contributed by atoms with van der Waals surface area (Å²) in [5.41, 5.74) is 17.0. The van der Waals surface area contributed by atoms with Crippen LogP contribution in [-0.4, -0.2) is 24.9 Å². The Kier molecular flexibility index (Phi) is 7.93. The standard InChI is InChI=1S/C57H35N5O/c1-4-15-34(16-5-1)54-58-48(33-49(59-54)45-25-14-24-44-39-21-12-13-26-50(39)63-53(44)45)37-27-29-42-46(31-37)51-40-22-10-11-23-41(40)52(42)47-32-38(28-30-43(47)51)57-61-55(35-17-6-2-7-18-35)60-56(62-57)36-19-8-3-9-20-36/h1-33,51-52H. The predicted molar refractivity (Wildman–Crippen MR) is 250 cm³/mol. The van der Waals surface area contributed by atoms with Gasteiger partial charge in [-0.05, 0) is 63.7 Å². The lowest BCUT2D eigenvalue weighted by molar-refractivity contribution is 0.670. The molecule has 3 aromatic heterocycles. The molecule has 0 N–H and O–H groups in total. The highest BCUT2D eigenvalue weighted by Crippen LogP contribution is 2.56. The van der Waals surface area contributed by atoms with E-state index in [-0.39, 0.29) is 11.8 Å². The average molecular weight is 806 g/mol. The van der Waals surface area contributed by atoms with Gasteiger partial charge in [0.1, 0.15) is 11.2 Å². The van der Waals surface area contributed by atoms with Crippen molar-refractivity contribution in [1.82, 2.24) is 24.9 Å². The Morgan fingerprint density at radius 2 is 0.762 bits per heavy atom. The maximum Gasteiger partial charge on any atom is 0.164 e. The molecule has 2 unspecified atom stereocenters. The molecule has 63 heavy (non-hydrogen) atoms. The third kappa shape index (κ3) is 5.76. The lowest BCUT2D eigenvalue weighted by atomic mass is 9.60. The van der Waals surface area contributed by atoms with Crippen LogP contribution in [-0.2, 0) is 0 Å². The molecule has 0 spiro atoms. The normalized spacial score (nSPS) is 14.7. The fourth-order valence-electron chi connectivity index (χ4n) is 9.85. The van der Waals surface area contributed by atoms with E-state index in [2.05, 4.69) is 109 Å². The molecule has 6 heteroatoms. The van der Waals surface area contributed by atoms with Crippen LogP contribution in [0.25, 0.3) is 90.0 Å². The zero-order chi connectivity index (χ0) is 41.4. The topological polar surface area (TPSA) is 77.6 Å². The minimum atomic E-state index is 0.0424. The largest absolute Gasteiger partial charge is 0.455 e. The lowest BCUT2D eigenvalue weighted by Gasteiger charge is -2.42. The van der Waals surface area contributed by atoms with Gasteiger partial charge in [0, 0.05) is 56.0 Å². The third-order valence-electron chi connectivity index (χ3n) is 12.7. The first-order chi connectivity index (χ1) is 31.2. The van der Waals surface area contributed by atoms with Crippen LogP contribution < -0.4 is 0 Å². The summed E-state index contributed by atoms with van der Waals surface area (Å²) in [6, 6.07) is 69.8. The number of rotatable bonds is 6. The number of fused-ring (bicyclic) bond motifs is 3. The van der Waals surface area contributed by atoms with Gasteiger partial charge in [0.25, 0.3) is 0 Å². The van der Waals surface area contributed by atoms with Gasteiger partial charge in [-0.1, -0.05) is 170 Å². The Balaban J connectivity index is 0.953. The highest BCUT2D eigenvalue weighted by Gasteiger charge is 2.41. The number of hydrogen-bond donors (Lipinski definition) is 0. The highest BCUT2D eigenvalue weighted by molar-refractivity contribution is 6.09. The van der Waals surface area contributed by atoms with Crippen molar-refractivity contribution < 1.29 is 4.42 Å². The molecule has 3 aliphatic carbocycles. The molecule has 3 aliphatic rings. The van der Waals surface area contributed by atoms with Crippen molar-refractivity contribution in [3.05, 3.63) is 234 Å². The first-order valence-corrected chi connectivity index (χ1v) is 21.3. The van der Waals surface area contributed by atoms with Crippen LogP contribution in [0.5, 0.6) is 0 Å². The molecule has 14 rings (SSSR count). The van der Waals surface area contributed by atoms with Crippen molar-refractivity contribution in [3.63, 3.8) is 0 Å². The zero-order valence-electron chi connectivity index (χ0n) is 33.9. The van der Waals surface area contributed by atoms with E-state index in [9.17, 15) is 0 Å². The minimum absolute atomic E-state index is 0.0424. The first-order valence-electron chi connectivity index (χ1n) is 21.3. The van der Waals surface area contributed by atoms with E-state index < -0.39 is 0 Å². The maximum absolute atomic E-state index is 6.52. The fourth-order valence-corrected chi connectivity index (χ4v) is 9.85. The van der Waals surface area contributed by atoms with Gasteiger partial charge in [-0.25, -0.2) is 24.9 Å². The quantitative estimate of drug-likeness (QED) is 0.167. The minimum Gasteiger partial charge on any atom is -0.455 e. The van der Waals surface area contributed by atoms with Gasteiger partial charge in [-0.2, -0.15) is 0 Å². The molecule has 6 nitrogen and oxygen atoms in total. The fraction of sp³-hybridized carbons (Fsp3) is 0.0351. The van der Waals surface area contributed by atoms with Crippen LogP contribution >= 0.6 is 0 Å². The summed E-state index contributed by atoms with van der Waals surface area (Å²) in [7, 11) is 0. The Morgan fingerprint density at radius 3 is 1.38 bits per heavy atom. The van der Waals surface area contributed by atoms with Crippen LogP contribution in [0, 0.1) is 0 Å². The summed E-state index contributed by atoms with van der Waals surface area (Å²) in [5, 5.41) is 2.16. The Morgan fingerprint density at radius 1 is 0.302 bits per heavy atom. The summed E-state index contributed by atoms with van der Waals surface area (Å²) >= 11 is 0. The summed E-state index contributed by atoms with van der Waals surface area (Å²) in [6.45, 7) is 0. The second kappa shape index (κ2) is 14.1. The van der Waals surface area contributed by atoms with Gasteiger partial charge in [-0.15, -0.1) is 0 Å². The van der Waals surface area contributed by atoms with Crippen LogP contribution in [0.2, 0.25) is 0 Å². The molecular formula is C57H35N5O. The van der Waals surface area contributed by atoms with E-state index >= 15 is 0 Å². The van der Waals surface area contributed by atoms with Gasteiger partial charge < -0.3 is 4.42 Å². The van der Waals surface area contributed by atoms with E-state index in [4.69, 9.17) is 29.3 Å². The van der Waals surface area contributed by atoms with Crippen molar-refractivity contribution >= 4 is 21.9 Å². The Bertz CT molecular complexity index is 3530. The number of aromatic nitrogens is 5. The van der Waals surface area contributed by atoms with E-state index in [1.54, 1.807) is 0 Å². The molecule has 11 aromatic rings. The van der Waals surface area contributed by atoms with Gasteiger partial charge in [0.05, 0.1) is 11.4 Å². The van der Waals surface area contributed by atoms with Gasteiger partial charge >= 0.3 is 0 Å². The molecule has 8 aromatic carbocycles. The monoisotopic (exact) mass is 805 g/mol. The number of para-hydroxylation sites is 2. The molecule has 2 bridgehead atoms. The number of furan rings is 1. The van der Waals surface area contributed by atoms with Gasteiger partial charge in [0.15, 0.2) is 23.3 Å². The highest BCUT2D eigenvalue weighted by atomic mass is 16.3. The molecule has 0 fully saturated rings. The van der Waals surface area contributed by atoms with Crippen molar-refractivity contribution in [3.8, 4) is 68.1 Å². The molecular weight excluding hydrogens is 771 g/mol. The number of hydrogen-bond acceptors (Lipinski definition) is 6. The molecule has 0 aliphatic heterocycles. The van der Waals surface area contributed by atoms with E-state index in [0.29, 0.717) is 23.3 Å². The number of benzene rings is 8. The molecule has 2 atom stereocenters. The molecule has 3 heterocycles. The summed E-state index contributed by atoms with van der Waals surface area (Å²) in [5.74, 6) is 2.72. The summed E-state index contributed by atoms with van der Waals surface area (Å²) in [4.78, 5) is 25.6. The SMILES string of the molecule is c1ccc(-c2nc(-c3ccc4c(c3)C3c5ccccc5C4c4cc(-c5nc(-c6ccccc6)nc(-c6ccccc6)n5)ccc43)cc(-c3cccc4c3oc3ccccc34)n2)cc1. The molecule has 0 saturated carbocycles. The van der Waals surface area contributed by atoms with E-state index in [1.807, 2.05) is 91.0 Å². The maximum atomic E-state index is 6.52. The summed E-state index contributed by atoms with van der Waals surface area (Å²) < 4.78 is 6.52. The van der Waals surface area contributed by atoms with Crippen LogP contribution in [0.1, 0.15) is 45.2 Å². The smallest absolute Gasteiger partial charge is 0.164 e. The molecule has 0 saturated heterocycles. The van der Waals surface area contributed by atoms with Crippen LogP contribution in [0.4, 0.5) is 0 Å². The predicted octanol–water partition coefficient (Wildman–Crippen LogP) is 13.6. The average Bonchev–Trinajstić information content (AvgIpc) is 3.75. The van der Waals surface area contributed by atoms with E-state index in [1.165, 1.54) is 33.4 Å². The number of nitrogens with zero attached hydrogens (tertiary/aromatic N) is 5. The van der Waals surface area contributed by atoms with Gasteiger partial charge in [0.2, 0.25) is 0 Å². The van der Waals surface area contributed by atoms with Crippen molar-refractivity contribution in [2.75, 3.05) is 0 Å². The Hall–Kier alpha value is -8.35. The zero-order valence-corrected chi connectivity index (χ0v) is 33.9. The van der Waals surface area contributed by atoms with Crippen molar-refractivity contribution in [2.24, 2.45) is 0 Å². The first kappa shape index (κ1) is 35.4. The molecule has 294 valence electrons.